The summed E-state index contributed by atoms with van der Waals surface area (Å²) in [5.41, 5.74) is 2.50. The van der Waals surface area contributed by atoms with Gasteiger partial charge in [-0.3, -0.25) is 0 Å². The summed E-state index contributed by atoms with van der Waals surface area (Å²) in [7, 11) is 0. The molecule has 0 fully saturated rings. The van der Waals surface area contributed by atoms with Crippen LogP contribution >= 0.6 is 11.3 Å². The van der Waals surface area contributed by atoms with E-state index in [1.54, 1.807) is 6.20 Å². The Labute approximate surface area is 102 Å². The molecule has 0 aliphatic carbocycles. The van der Waals surface area contributed by atoms with Gasteiger partial charge in [0.05, 0.1) is 5.56 Å². The molecule has 0 radical (unpaired) electrons. The van der Waals surface area contributed by atoms with Gasteiger partial charge in [-0.1, -0.05) is 23.5 Å². The number of rotatable bonds is 1. The fraction of sp³-hybridized carbons (Fsp3) is 0.0769. The molecular weight excluding hydrogens is 232 g/mol. The number of para-hydroxylation sites is 1. The zero-order valence-electron chi connectivity index (χ0n) is 9.21. The molecule has 2 aromatic heterocycles. The van der Waals surface area contributed by atoms with Crippen molar-refractivity contribution < 1.29 is 5.11 Å². The van der Waals surface area contributed by atoms with E-state index in [1.807, 2.05) is 37.3 Å². The molecule has 4 heteroatoms. The second kappa shape index (κ2) is 3.82. The van der Waals surface area contributed by atoms with Crippen LogP contribution in [0.5, 0.6) is 5.75 Å². The Hall–Kier alpha value is -1.94. The molecule has 3 rings (SSSR count). The minimum absolute atomic E-state index is 0.298. The van der Waals surface area contributed by atoms with Crippen LogP contribution in [0.3, 0.4) is 0 Å². The second-order valence-corrected chi connectivity index (χ2v) is 4.80. The van der Waals surface area contributed by atoms with Gasteiger partial charge in [0.2, 0.25) is 0 Å². The molecule has 0 saturated carbocycles. The number of pyridine rings is 1. The first-order valence-corrected chi connectivity index (χ1v) is 6.08. The van der Waals surface area contributed by atoms with Gasteiger partial charge in [0.15, 0.2) is 0 Å². The normalized spacial score (nSPS) is 10.9. The molecule has 1 aromatic carbocycles. The monoisotopic (exact) mass is 242 g/mol. The molecule has 0 unspecified atom stereocenters. The number of aryl methyl sites for hydroxylation is 1. The number of thiazole rings is 1. The average molecular weight is 242 g/mol. The highest BCUT2D eigenvalue weighted by atomic mass is 32.1. The highest BCUT2D eigenvalue weighted by molar-refractivity contribution is 7.21. The van der Waals surface area contributed by atoms with Crippen molar-refractivity contribution in [3.63, 3.8) is 0 Å². The van der Waals surface area contributed by atoms with Crippen molar-refractivity contribution in [3.8, 4) is 16.3 Å². The highest BCUT2D eigenvalue weighted by Gasteiger charge is 2.11. The van der Waals surface area contributed by atoms with Crippen LogP contribution < -0.4 is 0 Å². The molecule has 0 aliphatic heterocycles. The Morgan fingerprint density at radius 1 is 1.18 bits per heavy atom. The van der Waals surface area contributed by atoms with Gasteiger partial charge in [0.25, 0.3) is 0 Å². The molecule has 0 atom stereocenters. The first-order chi connectivity index (χ1) is 8.25. The molecule has 0 saturated heterocycles. The van der Waals surface area contributed by atoms with Crippen LogP contribution in [0.25, 0.3) is 20.9 Å². The van der Waals surface area contributed by atoms with E-state index < -0.39 is 0 Å². The van der Waals surface area contributed by atoms with E-state index in [0.29, 0.717) is 5.75 Å². The van der Waals surface area contributed by atoms with Gasteiger partial charge in [0, 0.05) is 6.20 Å². The number of phenols is 1. The fourth-order valence-electron chi connectivity index (χ4n) is 1.72. The van der Waals surface area contributed by atoms with Crippen molar-refractivity contribution in [1.82, 2.24) is 9.97 Å². The molecular formula is C13H10N2OS. The lowest BCUT2D eigenvalue weighted by Crippen LogP contribution is -1.80. The zero-order chi connectivity index (χ0) is 11.8. The maximum atomic E-state index is 10.0. The Morgan fingerprint density at radius 2 is 2.06 bits per heavy atom. The summed E-state index contributed by atoms with van der Waals surface area (Å²) in [6.45, 7) is 1.88. The van der Waals surface area contributed by atoms with E-state index in [1.165, 1.54) is 11.3 Å². The minimum atomic E-state index is 0.298. The second-order valence-electron chi connectivity index (χ2n) is 3.82. The Morgan fingerprint density at radius 3 is 2.88 bits per heavy atom. The van der Waals surface area contributed by atoms with Gasteiger partial charge in [-0.25, -0.2) is 9.97 Å². The van der Waals surface area contributed by atoms with Gasteiger partial charge >= 0.3 is 0 Å². The van der Waals surface area contributed by atoms with Crippen LogP contribution in [-0.4, -0.2) is 15.1 Å². The molecule has 3 aromatic rings. The van der Waals surface area contributed by atoms with Crippen molar-refractivity contribution in [2.75, 3.05) is 0 Å². The topological polar surface area (TPSA) is 46.0 Å². The molecule has 0 aliphatic rings. The molecule has 0 amide bonds. The van der Waals surface area contributed by atoms with Crippen molar-refractivity contribution in [1.29, 1.82) is 0 Å². The lowest BCUT2D eigenvalue weighted by atomic mass is 10.1. The van der Waals surface area contributed by atoms with Gasteiger partial charge in [-0.2, -0.15) is 0 Å². The van der Waals surface area contributed by atoms with Crippen LogP contribution in [-0.2, 0) is 0 Å². The van der Waals surface area contributed by atoms with E-state index in [4.69, 9.17) is 0 Å². The number of phenolic OH excluding ortho intramolecular Hbond substituents is 1. The molecule has 3 nitrogen and oxygen atoms in total. The summed E-state index contributed by atoms with van der Waals surface area (Å²) in [6.07, 6.45) is 1.75. The van der Waals surface area contributed by atoms with Crippen LogP contribution in [0.4, 0.5) is 0 Å². The third-order valence-corrected chi connectivity index (χ3v) is 3.65. The molecule has 17 heavy (non-hydrogen) atoms. The van der Waals surface area contributed by atoms with Crippen molar-refractivity contribution >= 4 is 21.7 Å². The molecule has 0 spiro atoms. The number of hydrogen-bond donors (Lipinski definition) is 1. The SMILES string of the molecule is Cc1cccc(-c2nc3cccnc3s2)c1O. The van der Waals surface area contributed by atoms with E-state index in [-0.39, 0.29) is 0 Å². The van der Waals surface area contributed by atoms with E-state index in [0.717, 1.165) is 26.5 Å². The van der Waals surface area contributed by atoms with Crippen molar-refractivity contribution in [2.24, 2.45) is 0 Å². The zero-order valence-corrected chi connectivity index (χ0v) is 10.0. The maximum Gasteiger partial charge on any atom is 0.143 e. The summed E-state index contributed by atoms with van der Waals surface area (Å²) in [6, 6.07) is 9.46. The number of hydrogen-bond acceptors (Lipinski definition) is 4. The summed E-state index contributed by atoms with van der Waals surface area (Å²) >= 11 is 1.49. The van der Waals surface area contributed by atoms with Crippen LogP contribution in [0.2, 0.25) is 0 Å². The Balaban J connectivity index is 2.24. The van der Waals surface area contributed by atoms with Crippen molar-refractivity contribution in [3.05, 3.63) is 42.1 Å². The van der Waals surface area contributed by atoms with Crippen LogP contribution in [0.1, 0.15) is 5.56 Å². The minimum Gasteiger partial charge on any atom is -0.507 e. The van der Waals surface area contributed by atoms with E-state index in [2.05, 4.69) is 9.97 Å². The quantitative estimate of drug-likeness (QED) is 0.711. The number of benzene rings is 1. The first kappa shape index (κ1) is 10.2. The van der Waals surface area contributed by atoms with Crippen molar-refractivity contribution in [2.45, 2.75) is 6.92 Å². The maximum absolute atomic E-state index is 10.0. The molecule has 0 bridgehead atoms. The van der Waals surface area contributed by atoms with Gasteiger partial charge in [-0.15, -0.1) is 0 Å². The lowest BCUT2D eigenvalue weighted by molar-refractivity contribution is 0.473. The number of nitrogens with zero attached hydrogens (tertiary/aromatic N) is 2. The van der Waals surface area contributed by atoms with Gasteiger partial charge < -0.3 is 5.11 Å². The third kappa shape index (κ3) is 1.66. The molecule has 84 valence electrons. The standard InChI is InChI=1S/C13H10N2OS/c1-8-4-2-5-9(11(8)16)12-15-10-6-3-7-14-13(10)17-12/h2-7,16H,1H3. The van der Waals surface area contributed by atoms with Crippen LogP contribution in [0, 0.1) is 6.92 Å². The Bertz CT molecular complexity index is 658. The fourth-order valence-corrected chi connectivity index (χ4v) is 2.65. The summed E-state index contributed by atoms with van der Waals surface area (Å²) in [5.74, 6) is 0.298. The highest BCUT2D eigenvalue weighted by Crippen LogP contribution is 2.35. The van der Waals surface area contributed by atoms with Gasteiger partial charge in [-0.05, 0) is 30.7 Å². The third-order valence-electron chi connectivity index (χ3n) is 2.63. The van der Waals surface area contributed by atoms with Crippen LogP contribution in [0.15, 0.2) is 36.5 Å². The molecule has 1 N–H and O–H groups in total. The summed E-state index contributed by atoms with van der Waals surface area (Å²) in [5, 5.41) is 10.8. The van der Waals surface area contributed by atoms with E-state index in [9.17, 15) is 5.11 Å². The predicted molar refractivity (Wildman–Crippen MR) is 69.3 cm³/mol. The first-order valence-electron chi connectivity index (χ1n) is 5.26. The molecule has 2 heterocycles. The number of aromatic hydroxyl groups is 1. The predicted octanol–water partition coefficient (Wildman–Crippen LogP) is 3.37. The largest absolute Gasteiger partial charge is 0.507 e. The smallest absolute Gasteiger partial charge is 0.143 e. The Kier molecular flexibility index (Phi) is 2.30. The number of fused-ring (bicyclic) bond motifs is 1. The van der Waals surface area contributed by atoms with E-state index >= 15 is 0 Å². The summed E-state index contributed by atoms with van der Waals surface area (Å²) < 4.78 is 0. The van der Waals surface area contributed by atoms with Gasteiger partial charge in [0.1, 0.15) is 21.1 Å². The number of aromatic nitrogens is 2. The average Bonchev–Trinajstić information content (AvgIpc) is 2.76. The summed E-state index contributed by atoms with van der Waals surface area (Å²) in [4.78, 5) is 9.63. The lowest BCUT2D eigenvalue weighted by Gasteiger charge is -2.02.